The van der Waals surface area contributed by atoms with Crippen LogP contribution in [0.5, 0.6) is 0 Å². The molecule has 1 aliphatic heterocycles. The maximum Gasteiger partial charge on any atom is 0.421 e. The van der Waals surface area contributed by atoms with Gasteiger partial charge in [-0.3, -0.25) is 14.5 Å². The second-order valence-electron chi connectivity index (χ2n) is 9.50. The van der Waals surface area contributed by atoms with Crippen LogP contribution in [0.4, 0.5) is 13.2 Å². The average Bonchev–Trinajstić information content (AvgIpc) is 3.52. The number of rotatable bonds is 6. The summed E-state index contributed by atoms with van der Waals surface area (Å²) in [4.78, 5) is 29.0. The van der Waals surface area contributed by atoms with Crippen LogP contribution in [0.15, 0.2) is 24.3 Å². The average molecular weight is 454 g/mol. The lowest BCUT2D eigenvalue weighted by Crippen LogP contribution is -2.62. The quantitative estimate of drug-likeness (QED) is 0.687. The van der Waals surface area contributed by atoms with Gasteiger partial charge < -0.3 is 15.1 Å². The third-order valence-corrected chi connectivity index (χ3v) is 7.46. The van der Waals surface area contributed by atoms with Gasteiger partial charge in [0.05, 0.1) is 0 Å². The van der Waals surface area contributed by atoms with Gasteiger partial charge in [-0.05, 0) is 69.6 Å². The molecule has 1 aromatic rings. The first kappa shape index (κ1) is 23.0. The van der Waals surface area contributed by atoms with Gasteiger partial charge in [-0.25, -0.2) is 0 Å². The van der Waals surface area contributed by atoms with Crippen molar-refractivity contribution in [1.82, 2.24) is 9.80 Å². The molecule has 0 aromatic heterocycles. The lowest BCUT2D eigenvalue weighted by molar-refractivity contribution is -0.258. The second kappa shape index (κ2) is 8.02. The largest absolute Gasteiger partial charge is 0.480 e. The molecule has 6 nitrogen and oxygen atoms in total. The number of nitrogens with zero attached hydrogens (tertiary/aromatic N) is 2. The lowest BCUT2D eigenvalue weighted by Gasteiger charge is -2.50. The smallest absolute Gasteiger partial charge is 0.421 e. The number of carboxylic acids is 1. The van der Waals surface area contributed by atoms with E-state index in [1.54, 1.807) is 0 Å². The van der Waals surface area contributed by atoms with Crippen LogP contribution >= 0.6 is 0 Å². The summed E-state index contributed by atoms with van der Waals surface area (Å²) in [6.07, 6.45) is 0.559. The molecule has 2 saturated carbocycles. The zero-order valence-corrected chi connectivity index (χ0v) is 18.1. The second-order valence-corrected chi connectivity index (χ2v) is 9.50. The first-order chi connectivity index (χ1) is 15.0. The minimum atomic E-state index is -4.82. The van der Waals surface area contributed by atoms with Gasteiger partial charge >= 0.3 is 12.1 Å². The third-order valence-electron chi connectivity index (χ3n) is 7.46. The van der Waals surface area contributed by atoms with Crippen LogP contribution in [-0.2, 0) is 10.4 Å². The molecule has 0 radical (unpaired) electrons. The lowest BCUT2D eigenvalue weighted by atomic mass is 9.74. The number of carbonyl (C=O) groups excluding carboxylic acids is 1. The highest BCUT2D eigenvalue weighted by molar-refractivity contribution is 5.95. The van der Waals surface area contributed by atoms with Gasteiger partial charge in [0.15, 0.2) is 5.60 Å². The Hall–Kier alpha value is -2.13. The highest BCUT2D eigenvalue weighted by atomic mass is 19.4. The van der Waals surface area contributed by atoms with E-state index in [-0.39, 0.29) is 23.6 Å². The van der Waals surface area contributed by atoms with Gasteiger partial charge in [-0.1, -0.05) is 12.1 Å². The highest BCUT2D eigenvalue weighted by Gasteiger charge is 2.52. The fourth-order valence-corrected chi connectivity index (χ4v) is 4.98. The van der Waals surface area contributed by atoms with Crippen molar-refractivity contribution in [2.75, 3.05) is 13.1 Å². The normalized spacial score (nSPS) is 23.8. The Morgan fingerprint density at radius 2 is 1.56 bits per heavy atom. The van der Waals surface area contributed by atoms with Crippen LogP contribution in [0, 0.1) is 0 Å². The van der Waals surface area contributed by atoms with E-state index < -0.39 is 23.3 Å². The molecule has 9 heteroatoms. The van der Waals surface area contributed by atoms with Crippen LogP contribution < -0.4 is 0 Å². The van der Waals surface area contributed by atoms with Crippen molar-refractivity contribution in [2.45, 2.75) is 81.3 Å². The fraction of sp³-hybridized carbons (Fsp3) is 0.652. The van der Waals surface area contributed by atoms with E-state index in [9.17, 15) is 33.0 Å². The predicted molar refractivity (Wildman–Crippen MR) is 110 cm³/mol. The van der Waals surface area contributed by atoms with Crippen LogP contribution in [0.2, 0.25) is 0 Å². The van der Waals surface area contributed by atoms with Crippen LogP contribution in [0.25, 0.3) is 0 Å². The summed E-state index contributed by atoms with van der Waals surface area (Å²) in [5.41, 5.74) is -3.77. The Morgan fingerprint density at radius 3 is 1.97 bits per heavy atom. The number of hydrogen-bond donors (Lipinski definition) is 2. The maximum absolute atomic E-state index is 13.3. The Bertz CT molecular complexity index is 868. The van der Waals surface area contributed by atoms with Crippen molar-refractivity contribution in [3.05, 3.63) is 35.4 Å². The van der Waals surface area contributed by atoms with E-state index in [4.69, 9.17) is 0 Å². The molecule has 3 aliphatic rings. The molecule has 1 saturated heterocycles. The SMILES string of the molecule is C[C@](O)(c1ccc(C(=O)N(C2CC2)C2CCN(C3(C(=O)O)CCC3)CC2)cc1)C(F)(F)F. The minimum Gasteiger partial charge on any atom is -0.480 e. The molecule has 2 N–H and O–H groups in total. The summed E-state index contributed by atoms with van der Waals surface area (Å²) < 4.78 is 39.3. The van der Waals surface area contributed by atoms with Crippen LogP contribution in [-0.4, -0.2) is 68.8 Å². The predicted octanol–water partition coefficient (Wildman–Crippen LogP) is 3.53. The number of halogens is 3. The number of likely N-dealkylation sites (tertiary alicyclic amines) is 1. The van der Waals surface area contributed by atoms with Crippen molar-refractivity contribution in [2.24, 2.45) is 0 Å². The number of alkyl halides is 3. The molecule has 176 valence electrons. The van der Waals surface area contributed by atoms with Crippen LogP contribution in [0.3, 0.4) is 0 Å². The number of benzene rings is 1. The van der Waals surface area contributed by atoms with E-state index in [0.29, 0.717) is 51.3 Å². The van der Waals surface area contributed by atoms with Gasteiger partial charge in [0.25, 0.3) is 5.91 Å². The number of carbonyl (C=O) groups is 2. The number of amides is 1. The Balaban J connectivity index is 1.46. The van der Waals surface area contributed by atoms with E-state index in [1.807, 2.05) is 9.80 Å². The van der Waals surface area contributed by atoms with Crippen molar-refractivity contribution >= 4 is 11.9 Å². The summed E-state index contributed by atoms with van der Waals surface area (Å²) >= 11 is 0. The van der Waals surface area contributed by atoms with Gasteiger partial charge in [0.1, 0.15) is 5.54 Å². The third kappa shape index (κ3) is 3.90. The van der Waals surface area contributed by atoms with Gasteiger partial charge in [-0.15, -0.1) is 0 Å². The van der Waals surface area contributed by atoms with Gasteiger partial charge in [-0.2, -0.15) is 13.2 Å². The summed E-state index contributed by atoms with van der Waals surface area (Å²) in [7, 11) is 0. The van der Waals surface area contributed by atoms with E-state index in [2.05, 4.69) is 0 Å². The number of piperidine rings is 1. The number of aliphatic carboxylic acids is 1. The Morgan fingerprint density at radius 1 is 1.03 bits per heavy atom. The Kier molecular flexibility index (Phi) is 5.78. The molecule has 2 aliphatic carbocycles. The molecule has 0 spiro atoms. The Labute approximate surface area is 185 Å². The van der Waals surface area contributed by atoms with Crippen LogP contribution in [0.1, 0.15) is 67.8 Å². The summed E-state index contributed by atoms with van der Waals surface area (Å²) in [5.74, 6) is -0.993. The van der Waals surface area contributed by atoms with Gasteiger partial charge in [0.2, 0.25) is 0 Å². The minimum absolute atomic E-state index is 0.0184. The number of carboxylic acid groups (broad SMARTS) is 1. The summed E-state index contributed by atoms with van der Waals surface area (Å²) in [6.45, 7) is 1.92. The summed E-state index contributed by atoms with van der Waals surface area (Å²) in [5, 5.41) is 19.5. The van der Waals surface area contributed by atoms with Crippen molar-refractivity contribution in [3.63, 3.8) is 0 Å². The van der Waals surface area contributed by atoms with Gasteiger partial charge in [0, 0.05) is 30.7 Å². The number of hydrogen-bond acceptors (Lipinski definition) is 4. The van der Waals surface area contributed by atoms with E-state index in [0.717, 1.165) is 31.4 Å². The molecular formula is C23H29F3N2O4. The highest BCUT2D eigenvalue weighted by Crippen LogP contribution is 2.42. The molecule has 32 heavy (non-hydrogen) atoms. The standard InChI is InChI=1S/C23H29F3N2O4/c1-21(32,23(24,25)26)16-5-3-15(4-6-16)19(29)28(17-7-8-17)18-9-13-27(14-10-18)22(20(30)31)11-2-12-22/h3-6,17-18,32H,2,7-14H2,1H3,(H,30,31)/t21-/m0/s1. The van der Waals surface area contributed by atoms with E-state index >= 15 is 0 Å². The molecule has 1 aromatic carbocycles. The monoisotopic (exact) mass is 454 g/mol. The van der Waals surface area contributed by atoms with E-state index in [1.165, 1.54) is 12.1 Å². The molecule has 0 bridgehead atoms. The number of aliphatic hydroxyl groups is 1. The molecule has 1 heterocycles. The molecule has 0 unspecified atom stereocenters. The first-order valence-electron chi connectivity index (χ1n) is 11.2. The van der Waals surface area contributed by atoms with Crippen molar-refractivity contribution in [3.8, 4) is 0 Å². The fourth-order valence-electron chi connectivity index (χ4n) is 4.98. The molecule has 1 atom stereocenters. The molecular weight excluding hydrogens is 425 g/mol. The first-order valence-corrected chi connectivity index (χ1v) is 11.2. The molecule has 1 amide bonds. The molecule has 3 fully saturated rings. The summed E-state index contributed by atoms with van der Waals surface area (Å²) in [6, 6.07) is 5.10. The zero-order valence-electron chi connectivity index (χ0n) is 18.1. The molecule has 4 rings (SSSR count). The van der Waals surface area contributed by atoms with Crippen molar-refractivity contribution < 1.29 is 33.0 Å². The van der Waals surface area contributed by atoms with Crippen molar-refractivity contribution in [1.29, 1.82) is 0 Å². The zero-order chi connectivity index (χ0) is 23.3. The topological polar surface area (TPSA) is 81.1 Å². The maximum atomic E-state index is 13.3.